The molecule has 1 saturated heterocycles. The number of aryl methyl sites for hydroxylation is 3. The fourth-order valence-corrected chi connectivity index (χ4v) is 5.31. The highest BCUT2D eigenvalue weighted by molar-refractivity contribution is 7.80. The fraction of sp³-hybridized carbons (Fsp3) is 0.385. The lowest BCUT2D eigenvalue weighted by atomic mass is 9.96. The van der Waals surface area contributed by atoms with Crippen molar-refractivity contribution in [2.75, 3.05) is 13.2 Å². The normalized spacial score (nSPS) is 18.3. The van der Waals surface area contributed by atoms with Crippen molar-refractivity contribution in [3.05, 3.63) is 82.4 Å². The third kappa shape index (κ3) is 3.93. The van der Waals surface area contributed by atoms with E-state index in [2.05, 4.69) is 77.8 Å². The minimum Gasteiger partial charge on any atom is -0.396 e. The van der Waals surface area contributed by atoms with Crippen LogP contribution in [0.3, 0.4) is 0 Å². The minimum atomic E-state index is -0.0427. The van der Waals surface area contributed by atoms with Gasteiger partial charge in [-0.25, -0.2) is 0 Å². The predicted octanol–water partition coefficient (Wildman–Crippen LogP) is 4.71. The van der Waals surface area contributed by atoms with Crippen LogP contribution in [0.5, 0.6) is 0 Å². The number of aliphatic hydroxyl groups is 1. The van der Waals surface area contributed by atoms with Gasteiger partial charge in [-0.05, 0) is 80.7 Å². The van der Waals surface area contributed by atoms with Crippen LogP contribution in [0.15, 0.2) is 48.7 Å². The van der Waals surface area contributed by atoms with Crippen LogP contribution < -0.4 is 5.32 Å². The predicted molar refractivity (Wildman–Crippen MR) is 133 cm³/mol. The van der Waals surface area contributed by atoms with Gasteiger partial charge in [0.25, 0.3) is 0 Å². The number of rotatable bonds is 7. The molecule has 0 bridgehead atoms. The number of pyridine rings is 1. The van der Waals surface area contributed by atoms with Crippen molar-refractivity contribution in [1.29, 1.82) is 0 Å². The molecule has 0 unspecified atom stereocenters. The number of aliphatic hydroxyl groups excluding tert-OH is 1. The Morgan fingerprint density at radius 1 is 1.12 bits per heavy atom. The van der Waals surface area contributed by atoms with Crippen LogP contribution in [-0.2, 0) is 6.42 Å². The highest BCUT2D eigenvalue weighted by Crippen LogP contribution is 2.41. The molecule has 2 atom stereocenters. The lowest BCUT2D eigenvalue weighted by molar-refractivity contribution is 0.247. The van der Waals surface area contributed by atoms with Crippen molar-refractivity contribution in [3.8, 4) is 5.69 Å². The Kier molecular flexibility index (Phi) is 6.63. The summed E-state index contributed by atoms with van der Waals surface area (Å²) in [4.78, 5) is 6.86. The first kappa shape index (κ1) is 22.5. The minimum absolute atomic E-state index is 0.0120. The molecule has 4 rings (SSSR count). The maximum absolute atomic E-state index is 9.49. The molecule has 1 aliphatic heterocycles. The Balaban J connectivity index is 1.86. The molecule has 2 N–H and O–H groups in total. The number of benzene rings is 1. The Morgan fingerprint density at radius 2 is 1.94 bits per heavy atom. The van der Waals surface area contributed by atoms with Crippen molar-refractivity contribution in [1.82, 2.24) is 19.8 Å². The van der Waals surface area contributed by atoms with Gasteiger partial charge in [-0.2, -0.15) is 0 Å². The molecule has 0 aliphatic carbocycles. The van der Waals surface area contributed by atoms with E-state index in [-0.39, 0.29) is 18.7 Å². The topological polar surface area (TPSA) is 53.3 Å². The van der Waals surface area contributed by atoms with Crippen LogP contribution in [0.1, 0.15) is 59.2 Å². The van der Waals surface area contributed by atoms with Gasteiger partial charge in [0, 0.05) is 30.7 Å². The standard InChI is InChI=1S/C26H32N4OS/c1-5-20-11-8-10-17(2)24(20)30-18(3)16-21(19(30)4)25-23(22-12-6-7-13-27-22)28-26(32)29(25)14-9-15-31/h6-8,10-13,16,23,25,31H,5,9,14-15H2,1-4H3,(H,28,32)/t23-,25-/m0/s1. The number of para-hydroxylation sites is 1. The summed E-state index contributed by atoms with van der Waals surface area (Å²) in [6, 6.07) is 14.8. The number of aromatic nitrogens is 2. The smallest absolute Gasteiger partial charge is 0.170 e. The van der Waals surface area contributed by atoms with Gasteiger partial charge < -0.3 is 19.9 Å². The summed E-state index contributed by atoms with van der Waals surface area (Å²) < 4.78 is 2.39. The Morgan fingerprint density at radius 3 is 2.62 bits per heavy atom. The third-order valence-corrected chi connectivity index (χ3v) is 6.82. The zero-order valence-electron chi connectivity index (χ0n) is 19.3. The summed E-state index contributed by atoms with van der Waals surface area (Å²) in [6.45, 7) is 9.61. The number of nitrogens with zero attached hydrogens (tertiary/aromatic N) is 3. The average molecular weight is 449 g/mol. The Hall–Kier alpha value is -2.70. The lowest BCUT2D eigenvalue weighted by Gasteiger charge is -2.28. The van der Waals surface area contributed by atoms with Crippen molar-refractivity contribution in [2.24, 2.45) is 0 Å². The molecular weight excluding hydrogens is 416 g/mol. The summed E-state index contributed by atoms with van der Waals surface area (Å²) in [6.07, 6.45) is 3.49. The van der Waals surface area contributed by atoms with Gasteiger partial charge in [0.2, 0.25) is 0 Å². The van der Waals surface area contributed by atoms with E-state index in [4.69, 9.17) is 12.2 Å². The molecule has 0 radical (unpaired) electrons. The summed E-state index contributed by atoms with van der Waals surface area (Å²) in [7, 11) is 0. The van der Waals surface area contributed by atoms with E-state index in [1.165, 1.54) is 33.8 Å². The maximum Gasteiger partial charge on any atom is 0.170 e. The third-order valence-electron chi connectivity index (χ3n) is 6.47. The number of hydrogen-bond donors (Lipinski definition) is 2. The molecule has 32 heavy (non-hydrogen) atoms. The van der Waals surface area contributed by atoms with Gasteiger partial charge in [0.1, 0.15) is 0 Å². The number of hydrogen-bond acceptors (Lipinski definition) is 3. The highest BCUT2D eigenvalue weighted by Gasteiger charge is 2.41. The molecule has 2 aromatic heterocycles. The first-order valence-corrected chi connectivity index (χ1v) is 11.7. The Bertz CT molecular complexity index is 1110. The van der Waals surface area contributed by atoms with E-state index in [9.17, 15) is 5.11 Å². The number of nitrogens with one attached hydrogen (secondary N) is 1. The van der Waals surface area contributed by atoms with E-state index >= 15 is 0 Å². The van der Waals surface area contributed by atoms with Crippen LogP contribution >= 0.6 is 12.2 Å². The molecule has 0 amide bonds. The van der Waals surface area contributed by atoms with Crippen molar-refractivity contribution in [3.63, 3.8) is 0 Å². The van der Waals surface area contributed by atoms with E-state index in [0.29, 0.717) is 18.1 Å². The fourth-order valence-electron chi connectivity index (χ4n) is 4.98. The van der Waals surface area contributed by atoms with Crippen molar-refractivity contribution < 1.29 is 5.11 Å². The molecule has 1 aromatic carbocycles. The van der Waals surface area contributed by atoms with Crippen LogP contribution in [0.4, 0.5) is 0 Å². The van der Waals surface area contributed by atoms with Gasteiger partial charge in [-0.3, -0.25) is 4.98 Å². The van der Waals surface area contributed by atoms with E-state index < -0.39 is 0 Å². The zero-order valence-corrected chi connectivity index (χ0v) is 20.1. The average Bonchev–Trinajstić information content (AvgIpc) is 3.27. The van der Waals surface area contributed by atoms with Gasteiger partial charge in [0.05, 0.1) is 23.5 Å². The van der Waals surface area contributed by atoms with Crippen LogP contribution in [-0.4, -0.2) is 37.8 Å². The molecule has 1 fully saturated rings. The molecule has 1 aliphatic rings. The zero-order chi connectivity index (χ0) is 22.8. The van der Waals surface area contributed by atoms with Crippen molar-refractivity contribution >= 4 is 17.3 Å². The summed E-state index contributed by atoms with van der Waals surface area (Å²) in [5.74, 6) is 0. The first-order chi connectivity index (χ1) is 15.5. The summed E-state index contributed by atoms with van der Waals surface area (Å²) in [5, 5.41) is 13.7. The maximum atomic E-state index is 9.49. The van der Waals surface area contributed by atoms with Gasteiger partial charge in [-0.1, -0.05) is 31.2 Å². The second-order valence-corrected chi connectivity index (χ2v) is 8.88. The van der Waals surface area contributed by atoms with E-state index in [1.807, 2.05) is 18.3 Å². The van der Waals surface area contributed by atoms with Crippen LogP contribution in [0.25, 0.3) is 5.69 Å². The van der Waals surface area contributed by atoms with Gasteiger partial charge >= 0.3 is 0 Å². The lowest BCUT2D eigenvalue weighted by Crippen LogP contribution is -2.31. The molecule has 168 valence electrons. The highest BCUT2D eigenvalue weighted by atomic mass is 32.1. The largest absolute Gasteiger partial charge is 0.396 e. The van der Waals surface area contributed by atoms with Crippen LogP contribution in [0.2, 0.25) is 0 Å². The summed E-state index contributed by atoms with van der Waals surface area (Å²) >= 11 is 5.74. The molecule has 5 nitrogen and oxygen atoms in total. The monoisotopic (exact) mass is 448 g/mol. The van der Waals surface area contributed by atoms with Gasteiger partial charge in [0.15, 0.2) is 5.11 Å². The SMILES string of the molecule is CCc1cccc(C)c1-n1c(C)cc([C@H]2[C@H](c3ccccn3)NC(=S)N2CCCO)c1C. The van der Waals surface area contributed by atoms with Crippen molar-refractivity contribution in [2.45, 2.75) is 52.6 Å². The molecule has 0 saturated carbocycles. The molecular formula is C26H32N4OS. The van der Waals surface area contributed by atoms with E-state index in [0.717, 1.165) is 12.1 Å². The van der Waals surface area contributed by atoms with Crippen LogP contribution in [0, 0.1) is 20.8 Å². The quantitative estimate of drug-likeness (QED) is 0.513. The Labute approximate surface area is 196 Å². The second-order valence-electron chi connectivity index (χ2n) is 8.50. The summed E-state index contributed by atoms with van der Waals surface area (Å²) in [5.41, 5.74) is 8.54. The molecule has 6 heteroatoms. The number of thiocarbonyl (C=S) groups is 1. The molecule has 0 spiro atoms. The second kappa shape index (κ2) is 9.43. The first-order valence-electron chi connectivity index (χ1n) is 11.3. The molecule has 3 aromatic rings. The van der Waals surface area contributed by atoms with Gasteiger partial charge in [-0.15, -0.1) is 0 Å². The molecule has 3 heterocycles. The van der Waals surface area contributed by atoms with E-state index in [1.54, 1.807) is 0 Å².